The minimum absolute atomic E-state index is 0.369. The molecule has 0 saturated heterocycles. The summed E-state index contributed by atoms with van der Waals surface area (Å²) in [6.07, 6.45) is 3.71. The van der Waals surface area contributed by atoms with Gasteiger partial charge >= 0.3 is 0 Å². The second-order valence-corrected chi connectivity index (χ2v) is 9.32. The van der Waals surface area contributed by atoms with E-state index in [1.165, 1.54) is 0 Å². The molecule has 0 bridgehead atoms. The van der Waals surface area contributed by atoms with Crippen molar-refractivity contribution >= 4 is 79.7 Å². The van der Waals surface area contributed by atoms with E-state index in [4.69, 9.17) is 47.0 Å². The monoisotopic (exact) mass is 568 g/mol. The molecule has 0 amide bonds. The first kappa shape index (κ1) is 23.1. The quantitative estimate of drug-likeness (QED) is 0.253. The maximum atomic E-state index is 6.24. The second kappa shape index (κ2) is 10.2. The standard InChI is InChI=1S/C21H16BrCl3N6S/c22-15-12-31(11-14-3-1-2-4-16(14)23)29-20(15)27-21(32)26-19-7-8-30(28-19)10-13-5-6-17(24)18(25)9-13/h1-9,12H,10-11H2,(H2,26,27,28,29,32). The van der Waals surface area contributed by atoms with Gasteiger partial charge in [-0.25, -0.2) is 0 Å². The minimum Gasteiger partial charge on any atom is -0.316 e. The van der Waals surface area contributed by atoms with Crippen molar-refractivity contribution in [2.75, 3.05) is 10.6 Å². The molecule has 0 saturated carbocycles. The largest absolute Gasteiger partial charge is 0.316 e. The molecule has 2 heterocycles. The summed E-state index contributed by atoms with van der Waals surface area (Å²) >= 11 is 27.2. The number of halogens is 4. The van der Waals surface area contributed by atoms with E-state index in [-0.39, 0.29) is 0 Å². The van der Waals surface area contributed by atoms with E-state index in [1.54, 1.807) is 15.4 Å². The van der Waals surface area contributed by atoms with E-state index < -0.39 is 0 Å². The summed E-state index contributed by atoms with van der Waals surface area (Å²) in [5.74, 6) is 1.19. The molecule has 4 rings (SSSR count). The highest BCUT2D eigenvalue weighted by Gasteiger charge is 2.11. The van der Waals surface area contributed by atoms with Crippen molar-refractivity contribution in [1.29, 1.82) is 0 Å². The summed E-state index contributed by atoms with van der Waals surface area (Å²) in [6.45, 7) is 1.09. The first-order valence-corrected chi connectivity index (χ1v) is 11.7. The van der Waals surface area contributed by atoms with Crippen LogP contribution in [0.15, 0.2) is 65.4 Å². The molecule has 2 aromatic carbocycles. The van der Waals surface area contributed by atoms with Gasteiger partial charge in [-0.05, 0) is 57.5 Å². The molecule has 0 atom stereocenters. The van der Waals surface area contributed by atoms with Gasteiger partial charge in [0, 0.05) is 23.5 Å². The van der Waals surface area contributed by atoms with Crippen molar-refractivity contribution in [3.05, 3.63) is 91.6 Å². The van der Waals surface area contributed by atoms with Crippen LogP contribution >= 0.6 is 63.0 Å². The van der Waals surface area contributed by atoms with E-state index >= 15 is 0 Å². The molecule has 0 radical (unpaired) electrons. The molecule has 164 valence electrons. The summed E-state index contributed by atoms with van der Waals surface area (Å²) in [4.78, 5) is 0. The highest BCUT2D eigenvalue weighted by molar-refractivity contribution is 9.10. The molecule has 11 heteroatoms. The zero-order valence-corrected chi connectivity index (χ0v) is 21.1. The number of nitrogens with zero attached hydrogens (tertiary/aromatic N) is 4. The van der Waals surface area contributed by atoms with Gasteiger partial charge in [-0.2, -0.15) is 10.2 Å². The zero-order chi connectivity index (χ0) is 22.7. The number of hydrogen-bond donors (Lipinski definition) is 2. The van der Waals surface area contributed by atoms with E-state index in [1.807, 2.05) is 54.9 Å². The average Bonchev–Trinajstić information content (AvgIpc) is 3.32. The predicted molar refractivity (Wildman–Crippen MR) is 138 cm³/mol. The number of thiocarbonyl (C=S) groups is 1. The topological polar surface area (TPSA) is 59.7 Å². The zero-order valence-electron chi connectivity index (χ0n) is 16.4. The normalized spacial score (nSPS) is 10.9. The highest BCUT2D eigenvalue weighted by atomic mass is 79.9. The fourth-order valence-electron chi connectivity index (χ4n) is 2.96. The smallest absolute Gasteiger partial charge is 0.177 e. The number of benzene rings is 2. The van der Waals surface area contributed by atoms with Crippen molar-refractivity contribution in [2.24, 2.45) is 0 Å². The van der Waals surface area contributed by atoms with Crippen molar-refractivity contribution < 1.29 is 0 Å². The minimum atomic E-state index is 0.369. The van der Waals surface area contributed by atoms with Gasteiger partial charge in [-0.15, -0.1) is 0 Å². The Morgan fingerprint density at radius 3 is 2.50 bits per heavy atom. The summed E-state index contributed by atoms with van der Waals surface area (Å²) in [5, 5.41) is 17.3. The molecular formula is C21H16BrCl3N6S. The van der Waals surface area contributed by atoms with E-state index in [2.05, 4.69) is 36.8 Å². The van der Waals surface area contributed by atoms with E-state index in [0.717, 1.165) is 15.6 Å². The van der Waals surface area contributed by atoms with Crippen LogP contribution in [0.1, 0.15) is 11.1 Å². The summed E-state index contributed by atoms with van der Waals surface area (Å²) in [7, 11) is 0. The van der Waals surface area contributed by atoms with Crippen molar-refractivity contribution in [2.45, 2.75) is 13.1 Å². The molecule has 6 nitrogen and oxygen atoms in total. The Morgan fingerprint density at radius 1 is 0.906 bits per heavy atom. The Labute approximate surface area is 213 Å². The van der Waals surface area contributed by atoms with Gasteiger partial charge < -0.3 is 10.6 Å². The SMILES string of the molecule is S=C(Nc1ccn(Cc2ccc(Cl)c(Cl)c2)n1)Nc1nn(Cc2ccccc2Cl)cc1Br. The van der Waals surface area contributed by atoms with Gasteiger partial charge in [0.2, 0.25) is 0 Å². The van der Waals surface area contributed by atoms with Gasteiger partial charge in [0.15, 0.2) is 16.7 Å². The lowest BCUT2D eigenvalue weighted by Gasteiger charge is -2.07. The Bertz CT molecular complexity index is 1270. The van der Waals surface area contributed by atoms with Crippen molar-refractivity contribution in [1.82, 2.24) is 19.6 Å². The van der Waals surface area contributed by atoms with Crippen LogP contribution in [-0.2, 0) is 13.1 Å². The molecule has 0 aliphatic carbocycles. The first-order valence-electron chi connectivity index (χ1n) is 9.39. The van der Waals surface area contributed by atoms with Gasteiger partial charge in [-0.1, -0.05) is 59.1 Å². The second-order valence-electron chi connectivity index (χ2n) is 6.84. The molecule has 4 aromatic rings. The van der Waals surface area contributed by atoms with Crippen LogP contribution in [0, 0.1) is 0 Å². The van der Waals surface area contributed by atoms with Crippen LogP contribution in [0.5, 0.6) is 0 Å². The number of hydrogen-bond acceptors (Lipinski definition) is 3. The summed E-state index contributed by atoms with van der Waals surface area (Å²) < 4.78 is 4.33. The van der Waals surface area contributed by atoms with Crippen LogP contribution in [0.25, 0.3) is 0 Å². The van der Waals surface area contributed by atoms with Gasteiger partial charge in [0.25, 0.3) is 0 Å². The summed E-state index contributed by atoms with van der Waals surface area (Å²) in [5.41, 5.74) is 1.96. The lowest BCUT2D eigenvalue weighted by atomic mass is 10.2. The van der Waals surface area contributed by atoms with Crippen LogP contribution in [0.4, 0.5) is 11.6 Å². The molecule has 0 fully saturated rings. The lowest BCUT2D eigenvalue weighted by Crippen LogP contribution is -2.20. The number of nitrogens with one attached hydrogen (secondary N) is 2. The van der Waals surface area contributed by atoms with Crippen molar-refractivity contribution in [3.63, 3.8) is 0 Å². The molecule has 0 aliphatic heterocycles. The Hall–Kier alpha value is -2.10. The first-order chi connectivity index (χ1) is 15.4. The Morgan fingerprint density at radius 2 is 1.72 bits per heavy atom. The van der Waals surface area contributed by atoms with Gasteiger partial charge in [0.05, 0.1) is 27.6 Å². The fourth-order valence-corrected chi connectivity index (χ4v) is 4.09. The van der Waals surface area contributed by atoms with E-state index in [0.29, 0.717) is 44.9 Å². The molecule has 0 aliphatic rings. The number of rotatable bonds is 6. The van der Waals surface area contributed by atoms with Crippen LogP contribution in [0.3, 0.4) is 0 Å². The van der Waals surface area contributed by atoms with Crippen LogP contribution in [-0.4, -0.2) is 24.7 Å². The summed E-state index contributed by atoms with van der Waals surface area (Å²) in [6, 6.07) is 15.0. The molecular weight excluding hydrogens is 555 g/mol. The Balaban J connectivity index is 1.36. The molecule has 0 spiro atoms. The van der Waals surface area contributed by atoms with Gasteiger partial charge in [-0.3, -0.25) is 9.36 Å². The molecule has 2 N–H and O–H groups in total. The average molecular weight is 571 g/mol. The number of aromatic nitrogens is 4. The predicted octanol–water partition coefficient (Wildman–Crippen LogP) is 6.71. The van der Waals surface area contributed by atoms with Gasteiger partial charge in [0.1, 0.15) is 0 Å². The van der Waals surface area contributed by atoms with Crippen LogP contribution < -0.4 is 10.6 Å². The molecule has 32 heavy (non-hydrogen) atoms. The maximum Gasteiger partial charge on any atom is 0.177 e. The van der Waals surface area contributed by atoms with Crippen molar-refractivity contribution in [3.8, 4) is 0 Å². The fraction of sp³-hybridized carbons (Fsp3) is 0.0952. The van der Waals surface area contributed by atoms with E-state index in [9.17, 15) is 0 Å². The van der Waals surface area contributed by atoms with Crippen LogP contribution in [0.2, 0.25) is 15.1 Å². The third-order valence-corrected chi connectivity index (χ3v) is 6.34. The maximum absolute atomic E-state index is 6.24. The third kappa shape index (κ3) is 5.82. The number of anilines is 2. The third-order valence-electron chi connectivity index (χ3n) is 4.45. The lowest BCUT2D eigenvalue weighted by molar-refractivity contribution is 0.689. The molecule has 2 aromatic heterocycles. The highest BCUT2D eigenvalue weighted by Crippen LogP contribution is 2.24. The molecule has 0 unspecified atom stereocenters. The Kier molecular flexibility index (Phi) is 7.37.